The molecule has 1 rings (SSSR count). The standard InChI is InChI=1S/C10H14IOSi/c1-8-4-5-10(11)6-9(8)7-12-13(2)3/h4-6H,7H2,1-3H3. The summed E-state index contributed by atoms with van der Waals surface area (Å²) in [6, 6.07) is 6.47. The third-order valence-electron chi connectivity index (χ3n) is 1.83. The Balaban J connectivity index is 2.70. The summed E-state index contributed by atoms with van der Waals surface area (Å²) in [5, 5.41) is 0. The van der Waals surface area contributed by atoms with Crippen molar-refractivity contribution in [3.8, 4) is 0 Å². The quantitative estimate of drug-likeness (QED) is 0.614. The highest BCUT2D eigenvalue weighted by Gasteiger charge is 2.01. The molecule has 0 N–H and O–H groups in total. The van der Waals surface area contributed by atoms with E-state index in [1.807, 2.05) is 0 Å². The van der Waals surface area contributed by atoms with E-state index in [0.717, 1.165) is 6.61 Å². The van der Waals surface area contributed by atoms with Gasteiger partial charge < -0.3 is 4.43 Å². The molecule has 0 heterocycles. The van der Waals surface area contributed by atoms with E-state index >= 15 is 0 Å². The molecule has 1 aromatic rings. The van der Waals surface area contributed by atoms with Gasteiger partial charge in [0, 0.05) is 3.57 Å². The van der Waals surface area contributed by atoms with Gasteiger partial charge in [-0.3, -0.25) is 0 Å². The van der Waals surface area contributed by atoms with E-state index in [9.17, 15) is 0 Å². The predicted octanol–water partition coefficient (Wildman–Crippen LogP) is 3.37. The van der Waals surface area contributed by atoms with Crippen molar-refractivity contribution >= 4 is 31.6 Å². The van der Waals surface area contributed by atoms with Crippen LogP contribution >= 0.6 is 22.6 Å². The molecule has 0 aromatic heterocycles. The second-order valence-corrected chi connectivity index (χ2v) is 6.62. The molecular weight excluding hydrogens is 291 g/mol. The van der Waals surface area contributed by atoms with Gasteiger partial charge in [0.2, 0.25) is 9.04 Å². The fraction of sp³-hybridized carbons (Fsp3) is 0.400. The lowest BCUT2D eigenvalue weighted by molar-refractivity contribution is 0.313. The third-order valence-corrected chi connectivity index (χ3v) is 3.22. The zero-order valence-corrected chi connectivity index (χ0v) is 11.4. The van der Waals surface area contributed by atoms with Gasteiger partial charge in [-0.15, -0.1) is 0 Å². The van der Waals surface area contributed by atoms with Crippen LogP contribution < -0.4 is 0 Å². The van der Waals surface area contributed by atoms with Gasteiger partial charge in [-0.05, 0) is 65.9 Å². The first-order valence-electron chi connectivity index (χ1n) is 4.27. The molecule has 1 nitrogen and oxygen atoms in total. The Kier molecular flexibility index (Phi) is 4.41. The van der Waals surface area contributed by atoms with Crippen LogP contribution in [0.4, 0.5) is 0 Å². The second kappa shape index (κ2) is 5.12. The van der Waals surface area contributed by atoms with E-state index < -0.39 is 9.04 Å². The van der Waals surface area contributed by atoms with Crippen LogP contribution in [-0.2, 0) is 11.0 Å². The zero-order valence-electron chi connectivity index (χ0n) is 8.23. The molecule has 1 aromatic carbocycles. The molecule has 3 heteroatoms. The minimum Gasteiger partial charge on any atom is -0.413 e. The molecule has 71 valence electrons. The van der Waals surface area contributed by atoms with Crippen LogP contribution in [0, 0.1) is 10.5 Å². The topological polar surface area (TPSA) is 9.23 Å². The van der Waals surface area contributed by atoms with E-state index in [-0.39, 0.29) is 0 Å². The lowest BCUT2D eigenvalue weighted by Crippen LogP contribution is -2.08. The molecule has 13 heavy (non-hydrogen) atoms. The molecule has 0 unspecified atom stereocenters. The average molecular weight is 305 g/mol. The molecule has 1 radical (unpaired) electrons. The SMILES string of the molecule is Cc1ccc(I)cc1CO[Si](C)C. The van der Waals surface area contributed by atoms with Crippen molar-refractivity contribution in [2.75, 3.05) is 0 Å². The summed E-state index contributed by atoms with van der Waals surface area (Å²) in [6.07, 6.45) is 0. The lowest BCUT2D eigenvalue weighted by Gasteiger charge is -2.09. The number of aryl methyl sites for hydroxylation is 1. The van der Waals surface area contributed by atoms with Gasteiger partial charge in [-0.2, -0.15) is 0 Å². The van der Waals surface area contributed by atoms with E-state index in [1.54, 1.807) is 0 Å². The van der Waals surface area contributed by atoms with Crippen molar-refractivity contribution in [3.63, 3.8) is 0 Å². The Labute approximate surface area is 95.4 Å². The Bertz CT molecular complexity index is 286. The number of rotatable bonds is 3. The first-order valence-corrected chi connectivity index (χ1v) is 7.76. The summed E-state index contributed by atoms with van der Waals surface area (Å²) in [4.78, 5) is 0. The van der Waals surface area contributed by atoms with E-state index in [4.69, 9.17) is 4.43 Å². The third kappa shape index (κ3) is 3.78. The van der Waals surface area contributed by atoms with Gasteiger partial charge in [-0.25, -0.2) is 0 Å². The van der Waals surface area contributed by atoms with Gasteiger partial charge in [-0.1, -0.05) is 6.07 Å². The monoisotopic (exact) mass is 305 g/mol. The van der Waals surface area contributed by atoms with Crippen LogP contribution in [0.2, 0.25) is 13.1 Å². The molecule has 0 bridgehead atoms. The maximum atomic E-state index is 5.66. The van der Waals surface area contributed by atoms with Crippen LogP contribution in [-0.4, -0.2) is 9.04 Å². The number of halogens is 1. The molecule has 0 aliphatic rings. The van der Waals surface area contributed by atoms with Gasteiger partial charge in [0.1, 0.15) is 0 Å². The van der Waals surface area contributed by atoms with Gasteiger partial charge in [0.15, 0.2) is 0 Å². The van der Waals surface area contributed by atoms with Crippen LogP contribution in [0.1, 0.15) is 11.1 Å². The summed E-state index contributed by atoms with van der Waals surface area (Å²) in [5.41, 5.74) is 2.64. The predicted molar refractivity (Wildman–Crippen MR) is 66.2 cm³/mol. The summed E-state index contributed by atoms with van der Waals surface area (Å²) in [6.45, 7) is 7.22. The Morgan fingerprint density at radius 2 is 2.08 bits per heavy atom. The smallest absolute Gasteiger partial charge is 0.205 e. The second-order valence-electron chi connectivity index (χ2n) is 3.27. The highest BCUT2D eigenvalue weighted by atomic mass is 127. The van der Waals surface area contributed by atoms with Crippen molar-refractivity contribution in [2.24, 2.45) is 0 Å². The van der Waals surface area contributed by atoms with Crippen LogP contribution in [0.15, 0.2) is 18.2 Å². The largest absolute Gasteiger partial charge is 0.413 e. The molecule has 0 atom stereocenters. The molecule has 0 saturated carbocycles. The fourth-order valence-corrected chi connectivity index (χ4v) is 2.02. The summed E-state index contributed by atoms with van der Waals surface area (Å²) < 4.78 is 6.94. The minimum absolute atomic E-state index is 0.564. The molecule has 0 spiro atoms. The Morgan fingerprint density at radius 1 is 1.38 bits per heavy atom. The van der Waals surface area contributed by atoms with Crippen LogP contribution in [0.25, 0.3) is 0 Å². The fourth-order valence-electron chi connectivity index (χ4n) is 1.02. The Hall–Kier alpha value is 0.127. The average Bonchev–Trinajstić information content (AvgIpc) is 2.06. The van der Waals surface area contributed by atoms with Gasteiger partial charge in [0.25, 0.3) is 0 Å². The molecule has 0 amide bonds. The van der Waals surface area contributed by atoms with Crippen molar-refractivity contribution < 1.29 is 4.43 Å². The normalized spacial score (nSPS) is 10.8. The maximum Gasteiger partial charge on any atom is 0.205 e. The van der Waals surface area contributed by atoms with Gasteiger partial charge >= 0.3 is 0 Å². The summed E-state index contributed by atoms with van der Waals surface area (Å²) >= 11 is 2.33. The van der Waals surface area contributed by atoms with Gasteiger partial charge in [0.05, 0.1) is 6.61 Å². The van der Waals surface area contributed by atoms with E-state index in [2.05, 4.69) is 60.8 Å². The summed E-state index contributed by atoms with van der Waals surface area (Å²) in [5.74, 6) is 0. The summed E-state index contributed by atoms with van der Waals surface area (Å²) in [7, 11) is -0.564. The van der Waals surface area contributed by atoms with E-state index in [1.165, 1.54) is 14.7 Å². The molecular formula is C10H14IOSi. The highest BCUT2D eigenvalue weighted by molar-refractivity contribution is 14.1. The number of hydrogen-bond acceptors (Lipinski definition) is 1. The minimum atomic E-state index is -0.564. The van der Waals surface area contributed by atoms with Crippen molar-refractivity contribution in [1.82, 2.24) is 0 Å². The highest BCUT2D eigenvalue weighted by Crippen LogP contribution is 2.14. The molecule has 0 aliphatic carbocycles. The molecule has 0 saturated heterocycles. The number of benzene rings is 1. The van der Waals surface area contributed by atoms with Crippen molar-refractivity contribution in [1.29, 1.82) is 0 Å². The van der Waals surface area contributed by atoms with Crippen LogP contribution in [0.3, 0.4) is 0 Å². The number of hydrogen-bond donors (Lipinski definition) is 0. The maximum absolute atomic E-state index is 5.66. The lowest BCUT2D eigenvalue weighted by atomic mass is 10.1. The van der Waals surface area contributed by atoms with Crippen LogP contribution in [0.5, 0.6) is 0 Å². The molecule has 0 aliphatic heterocycles. The zero-order chi connectivity index (χ0) is 9.84. The Morgan fingerprint density at radius 3 is 2.69 bits per heavy atom. The molecule has 0 fully saturated rings. The van der Waals surface area contributed by atoms with Crippen molar-refractivity contribution in [2.45, 2.75) is 26.6 Å². The first-order chi connectivity index (χ1) is 6.09. The van der Waals surface area contributed by atoms with E-state index in [0.29, 0.717) is 0 Å². The first kappa shape index (κ1) is 11.2. The van der Waals surface area contributed by atoms with Crippen molar-refractivity contribution in [3.05, 3.63) is 32.9 Å².